The predicted molar refractivity (Wildman–Crippen MR) is 69.0 cm³/mol. The Hall–Kier alpha value is -2.37. The standard InChI is InChI=1S/C15H11F4NO/c16-13-3-1-2-10(8-13)9-20-14(21)11-4-6-12(7-5-11)15(17,18)19/h1-8H,9H2,(H,20,21). The van der Waals surface area contributed by atoms with Crippen LogP contribution in [-0.2, 0) is 12.7 Å². The number of alkyl halides is 3. The van der Waals surface area contributed by atoms with Gasteiger partial charge in [0.25, 0.3) is 5.91 Å². The molecule has 0 atom stereocenters. The average Bonchev–Trinajstić information content (AvgIpc) is 2.44. The van der Waals surface area contributed by atoms with E-state index in [4.69, 9.17) is 0 Å². The molecule has 0 saturated carbocycles. The van der Waals surface area contributed by atoms with E-state index in [1.807, 2.05) is 0 Å². The molecule has 21 heavy (non-hydrogen) atoms. The normalized spacial score (nSPS) is 11.2. The van der Waals surface area contributed by atoms with Crippen molar-refractivity contribution < 1.29 is 22.4 Å². The van der Waals surface area contributed by atoms with Gasteiger partial charge >= 0.3 is 6.18 Å². The molecule has 0 aliphatic carbocycles. The highest BCUT2D eigenvalue weighted by molar-refractivity contribution is 5.94. The maximum Gasteiger partial charge on any atom is 0.416 e. The molecule has 0 bridgehead atoms. The van der Waals surface area contributed by atoms with Gasteiger partial charge in [0.1, 0.15) is 5.82 Å². The fourth-order valence-electron chi connectivity index (χ4n) is 1.74. The van der Waals surface area contributed by atoms with Gasteiger partial charge in [0.05, 0.1) is 5.56 Å². The van der Waals surface area contributed by atoms with E-state index in [1.165, 1.54) is 18.2 Å². The highest BCUT2D eigenvalue weighted by atomic mass is 19.4. The van der Waals surface area contributed by atoms with Crippen molar-refractivity contribution in [2.45, 2.75) is 12.7 Å². The lowest BCUT2D eigenvalue weighted by molar-refractivity contribution is -0.137. The molecule has 2 aromatic carbocycles. The number of carbonyl (C=O) groups excluding carboxylic acids is 1. The molecular weight excluding hydrogens is 286 g/mol. The van der Waals surface area contributed by atoms with Gasteiger partial charge in [-0.1, -0.05) is 12.1 Å². The van der Waals surface area contributed by atoms with E-state index in [-0.39, 0.29) is 12.1 Å². The van der Waals surface area contributed by atoms with Crippen LogP contribution in [0.2, 0.25) is 0 Å². The summed E-state index contributed by atoms with van der Waals surface area (Å²) in [6.45, 7) is 0.0949. The number of hydrogen-bond donors (Lipinski definition) is 1. The summed E-state index contributed by atoms with van der Waals surface area (Å²) >= 11 is 0. The van der Waals surface area contributed by atoms with Gasteiger partial charge in [0.2, 0.25) is 0 Å². The summed E-state index contributed by atoms with van der Waals surface area (Å²) in [5, 5.41) is 2.51. The SMILES string of the molecule is O=C(NCc1cccc(F)c1)c1ccc(C(F)(F)F)cc1. The van der Waals surface area contributed by atoms with Crippen molar-refractivity contribution in [1.82, 2.24) is 5.32 Å². The Morgan fingerprint density at radius 2 is 1.71 bits per heavy atom. The topological polar surface area (TPSA) is 29.1 Å². The summed E-state index contributed by atoms with van der Waals surface area (Å²) in [7, 11) is 0. The van der Waals surface area contributed by atoms with Gasteiger partial charge < -0.3 is 5.32 Å². The van der Waals surface area contributed by atoms with Crippen molar-refractivity contribution in [2.24, 2.45) is 0 Å². The molecule has 2 nitrogen and oxygen atoms in total. The fourth-order valence-corrected chi connectivity index (χ4v) is 1.74. The molecule has 6 heteroatoms. The van der Waals surface area contributed by atoms with Gasteiger partial charge in [-0.25, -0.2) is 4.39 Å². The Morgan fingerprint density at radius 1 is 1.05 bits per heavy atom. The van der Waals surface area contributed by atoms with Crippen molar-refractivity contribution >= 4 is 5.91 Å². The van der Waals surface area contributed by atoms with Crippen molar-refractivity contribution in [3.8, 4) is 0 Å². The summed E-state index contributed by atoms with van der Waals surface area (Å²) in [5.41, 5.74) is -0.140. The molecule has 2 rings (SSSR count). The molecule has 0 aliphatic rings. The first-order valence-electron chi connectivity index (χ1n) is 6.06. The zero-order valence-corrected chi connectivity index (χ0v) is 10.7. The largest absolute Gasteiger partial charge is 0.416 e. The van der Waals surface area contributed by atoms with Crippen LogP contribution >= 0.6 is 0 Å². The van der Waals surface area contributed by atoms with Crippen molar-refractivity contribution in [3.63, 3.8) is 0 Å². The molecule has 1 N–H and O–H groups in total. The number of hydrogen-bond acceptors (Lipinski definition) is 1. The van der Waals surface area contributed by atoms with Gasteiger partial charge in [-0.05, 0) is 42.0 Å². The maximum absolute atomic E-state index is 13.0. The molecule has 1 amide bonds. The molecule has 0 spiro atoms. The van der Waals surface area contributed by atoms with Gasteiger partial charge in [-0.2, -0.15) is 13.2 Å². The van der Waals surface area contributed by atoms with Crippen molar-refractivity contribution in [1.29, 1.82) is 0 Å². The minimum absolute atomic E-state index is 0.0949. The van der Waals surface area contributed by atoms with Crippen LogP contribution < -0.4 is 5.32 Å². The minimum atomic E-state index is -4.43. The number of amides is 1. The second-order valence-electron chi connectivity index (χ2n) is 4.39. The molecule has 0 aromatic heterocycles. The quantitative estimate of drug-likeness (QED) is 0.858. The lowest BCUT2D eigenvalue weighted by Crippen LogP contribution is -2.23. The Morgan fingerprint density at radius 3 is 2.29 bits per heavy atom. The number of rotatable bonds is 3. The molecule has 0 heterocycles. The smallest absolute Gasteiger partial charge is 0.348 e. The molecule has 0 unspecified atom stereocenters. The van der Waals surface area contributed by atoms with Gasteiger partial charge in [0.15, 0.2) is 0 Å². The Bertz CT molecular complexity index is 635. The third-order valence-corrected chi connectivity index (χ3v) is 2.82. The van der Waals surface area contributed by atoms with E-state index < -0.39 is 23.5 Å². The number of benzene rings is 2. The van der Waals surface area contributed by atoms with Crippen LogP contribution in [-0.4, -0.2) is 5.91 Å². The van der Waals surface area contributed by atoms with Gasteiger partial charge in [0, 0.05) is 12.1 Å². The van der Waals surface area contributed by atoms with E-state index in [2.05, 4.69) is 5.32 Å². The lowest BCUT2D eigenvalue weighted by atomic mass is 10.1. The minimum Gasteiger partial charge on any atom is -0.348 e. The van der Waals surface area contributed by atoms with E-state index in [1.54, 1.807) is 6.07 Å². The Balaban J connectivity index is 2.00. The molecule has 0 radical (unpaired) electrons. The van der Waals surface area contributed by atoms with Gasteiger partial charge in [-0.15, -0.1) is 0 Å². The first-order valence-corrected chi connectivity index (χ1v) is 6.06. The number of nitrogens with one attached hydrogen (secondary N) is 1. The van der Waals surface area contributed by atoms with Crippen molar-refractivity contribution in [2.75, 3.05) is 0 Å². The van der Waals surface area contributed by atoms with Crippen LogP contribution in [0.5, 0.6) is 0 Å². The zero-order valence-electron chi connectivity index (χ0n) is 10.7. The highest BCUT2D eigenvalue weighted by Gasteiger charge is 2.30. The van der Waals surface area contributed by atoms with Crippen LogP contribution in [0.4, 0.5) is 17.6 Å². The van der Waals surface area contributed by atoms with E-state index in [0.29, 0.717) is 5.56 Å². The fraction of sp³-hybridized carbons (Fsp3) is 0.133. The van der Waals surface area contributed by atoms with Crippen molar-refractivity contribution in [3.05, 3.63) is 71.0 Å². The lowest BCUT2D eigenvalue weighted by Gasteiger charge is -2.08. The second-order valence-corrected chi connectivity index (χ2v) is 4.39. The molecule has 0 aliphatic heterocycles. The average molecular weight is 297 g/mol. The molecule has 0 saturated heterocycles. The maximum atomic E-state index is 13.0. The Labute approximate surface area is 118 Å². The summed E-state index contributed by atoms with van der Waals surface area (Å²) in [6.07, 6.45) is -4.43. The summed E-state index contributed by atoms with van der Waals surface area (Å²) in [6, 6.07) is 9.58. The summed E-state index contributed by atoms with van der Waals surface area (Å²) in [4.78, 5) is 11.8. The second kappa shape index (κ2) is 5.95. The molecule has 110 valence electrons. The van der Waals surface area contributed by atoms with E-state index in [0.717, 1.165) is 24.3 Å². The number of carbonyl (C=O) groups is 1. The first kappa shape index (κ1) is 15.0. The van der Waals surface area contributed by atoms with Gasteiger partial charge in [-0.3, -0.25) is 4.79 Å². The zero-order chi connectivity index (χ0) is 15.5. The summed E-state index contributed by atoms with van der Waals surface area (Å²) < 4.78 is 50.1. The van der Waals surface area contributed by atoms with E-state index in [9.17, 15) is 22.4 Å². The molecular formula is C15H11F4NO. The van der Waals surface area contributed by atoms with Crippen LogP contribution in [0.1, 0.15) is 21.5 Å². The van der Waals surface area contributed by atoms with Crippen LogP contribution in [0.25, 0.3) is 0 Å². The Kier molecular flexibility index (Phi) is 4.26. The van der Waals surface area contributed by atoms with Crippen LogP contribution in [0, 0.1) is 5.82 Å². The highest BCUT2D eigenvalue weighted by Crippen LogP contribution is 2.29. The predicted octanol–water partition coefficient (Wildman–Crippen LogP) is 3.77. The van der Waals surface area contributed by atoms with E-state index >= 15 is 0 Å². The monoisotopic (exact) mass is 297 g/mol. The first-order chi connectivity index (χ1) is 9.86. The third-order valence-electron chi connectivity index (χ3n) is 2.82. The molecule has 0 fully saturated rings. The molecule has 2 aromatic rings. The number of halogens is 4. The summed E-state index contributed by atoms with van der Waals surface area (Å²) in [5.74, 6) is -0.940. The van der Waals surface area contributed by atoms with Crippen LogP contribution in [0.3, 0.4) is 0 Å². The van der Waals surface area contributed by atoms with Crippen LogP contribution in [0.15, 0.2) is 48.5 Å². The third kappa shape index (κ3) is 4.05.